The van der Waals surface area contributed by atoms with E-state index in [2.05, 4.69) is 52.4 Å². The average molecular weight is 496 g/mol. The van der Waals surface area contributed by atoms with Gasteiger partial charge in [-0.1, -0.05) is 15.9 Å². The summed E-state index contributed by atoms with van der Waals surface area (Å²) in [6.45, 7) is -0.332. The summed E-state index contributed by atoms with van der Waals surface area (Å²) in [6.07, 6.45) is 4.20. The van der Waals surface area contributed by atoms with Gasteiger partial charge < -0.3 is 19.8 Å². The molecule has 2 aromatic heterocycles. The molecule has 0 spiro atoms. The molecule has 0 fully saturated rings. The van der Waals surface area contributed by atoms with Crippen LogP contribution in [0.15, 0.2) is 60.2 Å². The van der Waals surface area contributed by atoms with E-state index in [1.165, 1.54) is 18.4 Å². The molecule has 138 valence electrons. The molecule has 3 rings (SSSR count). The number of carbonyl (C=O) groups excluding carboxylic acids is 2. The zero-order valence-corrected chi connectivity index (χ0v) is 16.7. The molecule has 0 unspecified atom stereocenters. The van der Waals surface area contributed by atoms with Crippen LogP contribution in [0.25, 0.3) is 17.0 Å². The fraction of sp³-hybridized carbons (Fsp3) is 0.0588. The van der Waals surface area contributed by atoms with E-state index in [4.69, 9.17) is 4.42 Å². The van der Waals surface area contributed by atoms with E-state index in [0.29, 0.717) is 21.1 Å². The number of nitrogens with one attached hydrogen (secondary N) is 2. The number of azo groups is 1. The molecule has 1 aromatic carbocycles. The highest BCUT2D eigenvalue weighted by atomic mass is 79.9. The van der Waals surface area contributed by atoms with Crippen molar-refractivity contribution < 1.29 is 19.1 Å². The van der Waals surface area contributed by atoms with E-state index in [1.807, 2.05) is 0 Å². The fourth-order valence-electron chi connectivity index (χ4n) is 2.20. The van der Waals surface area contributed by atoms with Gasteiger partial charge in [0, 0.05) is 20.4 Å². The third-order valence-electron chi connectivity index (χ3n) is 3.40. The number of benzene rings is 1. The zero-order valence-electron chi connectivity index (χ0n) is 13.6. The lowest BCUT2D eigenvalue weighted by Gasteiger charge is -1.97. The summed E-state index contributed by atoms with van der Waals surface area (Å²) in [7, 11) is 0. The Labute approximate surface area is 169 Å². The Morgan fingerprint density at radius 2 is 2.15 bits per heavy atom. The van der Waals surface area contributed by atoms with Crippen molar-refractivity contribution in [2.24, 2.45) is 10.2 Å². The van der Waals surface area contributed by atoms with Crippen molar-refractivity contribution in [2.45, 2.75) is 0 Å². The number of furan rings is 1. The summed E-state index contributed by atoms with van der Waals surface area (Å²) >= 11 is 6.72. The molecule has 3 aromatic rings. The van der Waals surface area contributed by atoms with Gasteiger partial charge in [0.25, 0.3) is 5.91 Å². The van der Waals surface area contributed by atoms with Crippen molar-refractivity contribution in [2.75, 3.05) is 6.54 Å². The molecule has 0 saturated heterocycles. The van der Waals surface area contributed by atoms with Gasteiger partial charge in [-0.3, -0.25) is 9.59 Å². The Kier molecular flexibility index (Phi) is 5.87. The van der Waals surface area contributed by atoms with Gasteiger partial charge >= 0.3 is 0 Å². The van der Waals surface area contributed by atoms with Crippen LogP contribution in [-0.2, 0) is 9.59 Å². The van der Waals surface area contributed by atoms with Crippen LogP contribution in [-0.4, -0.2) is 28.4 Å². The van der Waals surface area contributed by atoms with Crippen LogP contribution in [0.2, 0.25) is 0 Å². The van der Waals surface area contributed by atoms with Crippen LogP contribution in [0.3, 0.4) is 0 Å². The Balaban J connectivity index is 1.64. The van der Waals surface area contributed by atoms with Crippen LogP contribution in [0.4, 0.5) is 5.69 Å². The van der Waals surface area contributed by atoms with Crippen LogP contribution in [0.5, 0.6) is 5.88 Å². The number of hydrogen-bond donors (Lipinski definition) is 3. The quantitative estimate of drug-likeness (QED) is 0.358. The molecule has 0 aliphatic rings. The number of H-pyrrole nitrogens is 1. The number of aromatic amines is 1. The van der Waals surface area contributed by atoms with Gasteiger partial charge in [-0.25, -0.2) is 0 Å². The standard InChI is InChI=1S/C17H12Br2N4O4/c18-9-6-11-15(12(19)7-9)21-17(26)16(11)23-22-14(25)8-20-13(24)4-3-10-2-1-5-27-10/h1-7,21,26H,8H2,(H,20,24)/b4-3+,23-22?. The van der Waals surface area contributed by atoms with E-state index in [9.17, 15) is 14.7 Å². The second-order valence-corrected chi connectivity index (χ2v) is 7.06. The largest absolute Gasteiger partial charge is 0.493 e. The summed E-state index contributed by atoms with van der Waals surface area (Å²) < 4.78 is 6.53. The Morgan fingerprint density at radius 3 is 2.89 bits per heavy atom. The van der Waals surface area contributed by atoms with Crippen LogP contribution in [0.1, 0.15) is 5.76 Å². The number of nitrogens with zero attached hydrogens (tertiary/aromatic N) is 2. The third-order valence-corrected chi connectivity index (χ3v) is 4.48. The molecule has 2 heterocycles. The van der Waals surface area contributed by atoms with E-state index < -0.39 is 11.8 Å². The summed E-state index contributed by atoms with van der Waals surface area (Å²) in [5.74, 6) is -0.843. The summed E-state index contributed by atoms with van der Waals surface area (Å²) in [6, 6.07) is 6.92. The Morgan fingerprint density at radius 1 is 1.33 bits per heavy atom. The number of fused-ring (bicyclic) bond motifs is 1. The fourth-order valence-corrected chi connectivity index (χ4v) is 3.52. The van der Waals surface area contributed by atoms with E-state index in [-0.39, 0.29) is 18.1 Å². The lowest BCUT2D eigenvalue weighted by Crippen LogP contribution is -2.26. The van der Waals surface area contributed by atoms with Gasteiger partial charge in [-0.2, -0.15) is 0 Å². The molecule has 0 radical (unpaired) electrons. The average Bonchev–Trinajstić information content (AvgIpc) is 3.24. The SMILES string of the molecule is O=C(CNC(=O)/C=C/c1ccco1)N=Nc1c(O)[nH]c2c(Br)cc(Br)cc12. The van der Waals surface area contributed by atoms with E-state index in [1.54, 1.807) is 24.3 Å². The second-order valence-electron chi connectivity index (χ2n) is 5.29. The van der Waals surface area contributed by atoms with E-state index >= 15 is 0 Å². The number of hydrogen-bond acceptors (Lipinski definition) is 5. The van der Waals surface area contributed by atoms with Gasteiger partial charge in [0.1, 0.15) is 12.3 Å². The highest BCUT2D eigenvalue weighted by Crippen LogP contribution is 2.40. The molecule has 8 nitrogen and oxygen atoms in total. The van der Waals surface area contributed by atoms with E-state index in [0.717, 1.165) is 4.47 Å². The number of halogens is 2. The molecule has 2 amide bonds. The number of aromatic nitrogens is 1. The van der Waals surface area contributed by atoms with Gasteiger partial charge in [0.15, 0.2) is 5.69 Å². The maximum absolute atomic E-state index is 11.8. The monoisotopic (exact) mass is 494 g/mol. The first-order valence-electron chi connectivity index (χ1n) is 7.57. The maximum atomic E-state index is 11.8. The van der Waals surface area contributed by atoms with Crippen molar-refractivity contribution in [3.63, 3.8) is 0 Å². The van der Waals surface area contributed by atoms with Crippen molar-refractivity contribution in [3.05, 3.63) is 51.3 Å². The minimum atomic E-state index is -0.669. The molecule has 10 heteroatoms. The first kappa shape index (κ1) is 19.1. The molecular weight excluding hydrogens is 484 g/mol. The third kappa shape index (κ3) is 4.72. The maximum Gasteiger partial charge on any atom is 0.283 e. The molecule has 0 atom stereocenters. The van der Waals surface area contributed by atoms with Crippen molar-refractivity contribution >= 4 is 66.3 Å². The van der Waals surface area contributed by atoms with Crippen molar-refractivity contribution in [3.8, 4) is 5.88 Å². The number of amides is 2. The molecule has 0 aliphatic carbocycles. The van der Waals surface area contributed by atoms with Crippen molar-refractivity contribution in [1.29, 1.82) is 0 Å². The number of carbonyl (C=O) groups is 2. The van der Waals surface area contributed by atoms with Gasteiger partial charge in [0.05, 0.1) is 11.8 Å². The van der Waals surface area contributed by atoms with Crippen LogP contribution < -0.4 is 5.32 Å². The minimum Gasteiger partial charge on any atom is -0.493 e. The zero-order chi connectivity index (χ0) is 19.4. The first-order chi connectivity index (χ1) is 12.9. The van der Waals surface area contributed by atoms with Crippen molar-refractivity contribution in [1.82, 2.24) is 10.3 Å². The first-order valence-corrected chi connectivity index (χ1v) is 9.16. The smallest absolute Gasteiger partial charge is 0.283 e. The molecule has 0 saturated carbocycles. The Hall–Kier alpha value is -2.72. The van der Waals surface area contributed by atoms with Gasteiger partial charge in [0.2, 0.25) is 11.8 Å². The van der Waals surface area contributed by atoms with Gasteiger partial charge in [-0.15, -0.1) is 10.2 Å². The Bertz CT molecular complexity index is 1050. The topological polar surface area (TPSA) is 120 Å². The molecule has 27 heavy (non-hydrogen) atoms. The van der Waals surface area contributed by atoms with Gasteiger partial charge in [-0.05, 0) is 46.3 Å². The molecule has 0 bridgehead atoms. The molecular formula is C17H12Br2N4O4. The lowest BCUT2D eigenvalue weighted by atomic mass is 10.2. The summed E-state index contributed by atoms with van der Waals surface area (Å²) in [4.78, 5) is 26.3. The molecule has 3 N–H and O–H groups in total. The predicted octanol–water partition coefficient (Wildman–Crippen LogP) is 4.43. The second kappa shape index (κ2) is 8.31. The summed E-state index contributed by atoms with van der Waals surface area (Å²) in [5.41, 5.74) is 0.748. The normalized spacial score (nSPS) is 11.6. The molecule has 0 aliphatic heterocycles. The highest BCUT2D eigenvalue weighted by Gasteiger charge is 2.14. The predicted molar refractivity (Wildman–Crippen MR) is 106 cm³/mol. The van der Waals surface area contributed by atoms with Crippen LogP contribution in [0, 0.1) is 0 Å². The van der Waals surface area contributed by atoms with Crippen LogP contribution >= 0.6 is 31.9 Å². The lowest BCUT2D eigenvalue weighted by molar-refractivity contribution is -0.122. The minimum absolute atomic E-state index is 0.129. The highest BCUT2D eigenvalue weighted by molar-refractivity contribution is 9.11. The number of rotatable bonds is 5. The number of aromatic hydroxyl groups is 1. The summed E-state index contributed by atoms with van der Waals surface area (Å²) in [5, 5.41) is 20.3.